The minimum absolute atomic E-state index is 0.183. The van der Waals surface area contributed by atoms with Crippen LogP contribution in [-0.4, -0.2) is 25.3 Å². The van der Waals surface area contributed by atoms with Gasteiger partial charge in [0.2, 0.25) is 6.79 Å². The zero-order chi connectivity index (χ0) is 18.6. The Bertz CT molecular complexity index is 877. The Balaban J connectivity index is 1.21. The highest BCUT2D eigenvalue weighted by atomic mass is 16.7. The van der Waals surface area contributed by atoms with Crippen LogP contribution in [0, 0.1) is 0 Å². The van der Waals surface area contributed by atoms with Gasteiger partial charge in [-0.3, -0.25) is 9.59 Å². The molecule has 6 nitrogen and oxygen atoms in total. The summed E-state index contributed by atoms with van der Waals surface area (Å²) in [6.45, 7) is 0.261. The van der Waals surface area contributed by atoms with Crippen molar-refractivity contribution in [1.29, 1.82) is 0 Å². The highest BCUT2D eigenvalue weighted by Gasteiger charge is 2.15. The Morgan fingerprint density at radius 2 is 1.78 bits per heavy atom. The second kappa shape index (κ2) is 7.70. The van der Waals surface area contributed by atoms with E-state index in [4.69, 9.17) is 14.2 Å². The maximum Gasteiger partial charge on any atom is 0.310 e. The van der Waals surface area contributed by atoms with Crippen LogP contribution in [0.25, 0.3) is 0 Å². The molecule has 1 heterocycles. The highest BCUT2D eigenvalue weighted by Crippen LogP contribution is 2.32. The lowest BCUT2D eigenvalue weighted by atomic mass is 10.0. The van der Waals surface area contributed by atoms with E-state index < -0.39 is 5.97 Å². The first-order valence-corrected chi connectivity index (χ1v) is 9.09. The van der Waals surface area contributed by atoms with Gasteiger partial charge < -0.3 is 19.5 Å². The van der Waals surface area contributed by atoms with Crippen LogP contribution in [0.1, 0.15) is 28.7 Å². The van der Waals surface area contributed by atoms with E-state index in [-0.39, 0.29) is 25.7 Å². The Morgan fingerprint density at radius 3 is 2.70 bits per heavy atom. The molecule has 2 aliphatic rings. The lowest BCUT2D eigenvalue weighted by Gasteiger charge is -2.08. The molecule has 6 heteroatoms. The molecule has 2 aromatic rings. The third kappa shape index (κ3) is 4.22. The topological polar surface area (TPSA) is 73.9 Å². The van der Waals surface area contributed by atoms with Gasteiger partial charge in [-0.05, 0) is 53.6 Å². The first kappa shape index (κ1) is 17.4. The average molecular weight is 367 g/mol. The standard InChI is InChI=1S/C21H21NO5/c23-20(22-11-15-5-7-18-19(9-15)27-13-26-18)12-25-21(24)10-14-4-6-16-2-1-3-17(16)8-14/h4-9H,1-3,10-13H2,(H,22,23). The van der Waals surface area contributed by atoms with Gasteiger partial charge in [-0.1, -0.05) is 24.3 Å². The van der Waals surface area contributed by atoms with Crippen LogP contribution in [0.4, 0.5) is 0 Å². The summed E-state index contributed by atoms with van der Waals surface area (Å²) in [6, 6.07) is 11.6. The van der Waals surface area contributed by atoms with Crippen LogP contribution in [0.3, 0.4) is 0 Å². The molecule has 0 bridgehead atoms. The van der Waals surface area contributed by atoms with E-state index in [1.54, 1.807) is 6.07 Å². The summed E-state index contributed by atoms with van der Waals surface area (Å²) in [7, 11) is 0. The molecule has 0 spiro atoms. The smallest absolute Gasteiger partial charge is 0.310 e. The molecule has 0 saturated heterocycles. The van der Waals surface area contributed by atoms with Gasteiger partial charge in [0.15, 0.2) is 18.1 Å². The Hall–Kier alpha value is -3.02. The van der Waals surface area contributed by atoms with Gasteiger partial charge in [-0.2, -0.15) is 0 Å². The summed E-state index contributed by atoms with van der Waals surface area (Å²) in [6.07, 6.45) is 3.54. The molecule has 0 radical (unpaired) electrons. The number of hydrogen-bond donors (Lipinski definition) is 1. The fourth-order valence-corrected chi connectivity index (χ4v) is 3.40. The van der Waals surface area contributed by atoms with Crippen molar-refractivity contribution in [3.05, 3.63) is 58.7 Å². The van der Waals surface area contributed by atoms with Crippen molar-refractivity contribution in [2.75, 3.05) is 13.4 Å². The lowest BCUT2D eigenvalue weighted by Crippen LogP contribution is -2.28. The number of carbonyl (C=O) groups is 2. The minimum Gasteiger partial charge on any atom is -0.455 e. The molecule has 4 rings (SSSR count). The van der Waals surface area contributed by atoms with Crippen molar-refractivity contribution >= 4 is 11.9 Å². The number of esters is 1. The molecule has 0 aromatic heterocycles. The van der Waals surface area contributed by atoms with Gasteiger partial charge >= 0.3 is 5.97 Å². The molecule has 1 aliphatic carbocycles. The minimum atomic E-state index is -0.397. The molecule has 1 amide bonds. The summed E-state index contributed by atoms with van der Waals surface area (Å²) < 4.78 is 15.6. The van der Waals surface area contributed by atoms with Crippen molar-refractivity contribution in [3.63, 3.8) is 0 Å². The molecule has 0 saturated carbocycles. The molecule has 0 fully saturated rings. The van der Waals surface area contributed by atoms with E-state index in [0.29, 0.717) is 18.0 Å². The zero-order valence-electron chi connectivity index (χ0n) is 15.0. The van der Waals surface area contributed by atoms with Crippen molar-refractivity contribution in [1.82, 2.24) is 5.32 Å². The molecule has 140 valence electrons. The predicted octanol–water partition coefficient (Wildman–Crippen LogP) is 2.31. The Morgan fingerprint density at radius 1 is 0.963 bits per heavy atom. The van der Waals surface area contributed by atoms with Crippen LogP contribution < -0.4 is 14.8 Å². The number of hydrogen-bond acceptors (Lipinski definition) is 5. The number of fused-ring (bicyclic) bond motifs is 2. The lowest BCUT2D eigenvalue weighted by molar-refractivity contribution is -0.147. The number of rotatable bonds is 6. The summed E-state index contributed by atoms with van der Waals surface area (Å²) >= 11 is 0. The summed E-state index contributed by atoms with van der Waals surface area (Å²) in [5, 5.41) is 2.73. The Kier molecular flexibility index (Phi) is 4.96. The van der Waals surface area contributed by atoms with Gasteiger partial charge in [0.05, 0.1) is 6.42 Å². The number of amides is 1. The molecule has 27 heavy (non-hydrogen) atoms. The van der Waals surface area contributed by atoms with Crippen molar-refractivity contribution in [2.24, 2.45) is 0 Å². The summed E-state index contributed by atoms with van der Waals surface area (Å²) in [4.78, 5) is 23.9. The molecular weight excluding hydrogens is 346 g/mol. The van der Waals surface area contributed by atoms with Gasteiger partial charge in [-0.15, -0.1) is 0 Å². The van der Waals surface area contributed by atoms with Gasteiger partial charge in [0.1, 0.15) is 0 Å². The molecular formula is C21H21NO5. The average Bonchev–Trinajstić information content (AvgIpc) is 3.32. The number of ether oxygens (including phenoxy) is 3. The second-order valence-corrected chi connectivity index (χ2v) is 6.76. The van der Waals surface area contributed by atoms with Crippen LogP contribution in [0.5, 0.6) is 11.5 Å². The van der Waals surface area contributed by atoms with E-state index in [0.717, 1.165) is 24.0 Å². The predicted molar refractivity (Wildman–Crippen MR) is 97.5 cm³/mol. The first-order valence-electron chi connectivity index (χ1n) is 9.09. The van der Waals surface area contributed by atoms with Crippen molar-refractivity contribution in [3.8, 4) is 11.5 Å². The summed E-state index contributed by atoms with van der Waals surface area (Å²) in [5.74, 6) is 0.634. The Labute approximate surface area is 157 Å². The van der Waals surface area contributed by atoms with E-state index >= 15 is 0 Å². The third-order valence-electron chi connectivity index (χ3n) is 4.80. The second-order valence-electron chi connectivity index (χ2n) is 6.76. The van der Waals surface area contributed by atoms with E-state index in [2.05, 4.69) is 17.4 Å². The largest absolute Gasteiger partial charge is 0.455 e. The van der Waals surface area contributed by atoms with Crippen LogP contribution in [-0.2, 0) is 40.1 Å². The van der Waals surface area contributed by atoms with Crippen LogP contribution in [0.15, 0.2) is 36.4 Å². The molecule has 1 aliphatic heterocycles. The maximum atomic E-state index is 12.0. The van der Waals surface area contributed by atoms with Crippen molar-refractivity contribution in [2.45, 2.75) is 32.2 Å². The third-order valence-corrected chi connectivity index (χ3v) is 4.80. The molecule has 0 atom stereocenters. The molecule has 0 unspecified atom stereocenters. The van der Waals surface area contributed by atoms with E-state index in [1.807, 2.05) is 18.2 Å². The molecule has 2 aromatic carbocycles. The number of nitrogens with one attached hydrogen (secondary N) is 1. The van der Waals surface area contributed by atoms with Gasteiger partial charge in [-0.25, -0.2) is 0 Å². The fraction of sp³-hybridized carbons (Fsp3) is 0.333. The van der Waals surface area contributed by atoms with E-state index in [9.17, 15) is 9.59 Å². The van der Waals surface area contributed by atoms with Crippen molar-refractivity contribution < 1.29 is 23.8 Å². The monoisotopic (exact) mass is 367 g/mol. The van der Waals surface area contributed by atoms with Gasteiger partial charge in [0.25, 0.3) is 5.91 Å². The number of benzene rings is 2. The normalized spacial score (nSPS) is 13.9. The van der Waals surface area contributed by atoms with Gasteiger partial charge in [0, 0.05) is 6.54 Å². The molecule has 1 N–H and O–H groups in total. The SMILES string of the molecule is O=C(COC(=O)Cc1ccc2c(c1)CCC2)NCc1ccc2c(c1)OCO2. The van der Waals surface area contributed by atoms with Crippen LogP contribution >= 0.6 is 0 Å². The van der Waals surface area contributed by atoms with E-state index in [1.165, 1.54) is 17.5 Å². The highest BCUT2D eigenvalue weighted by molar-refractivity contribution is 5.81. The summed E-state index contributed by atoms with van der Waals surface area (Å²) in [5.41, 5.74) is 4.51. The van der Waals surface area contributed by atoms with Crippen LogP contribution in [0.2, 0.25) is 0 Å². The fourth-order valence-electron chi connectivity index (χ4n) is 3.40. The maximum absolute atomic E-state index is 12.0. The number of aryl methyl sites for hydroxylation is 2. The number of carbonyl (C=O) groups excluding carboxylic acids is 2. The zero-order valence-corrected chi connectivity index (χ0v) is 15.0. The first-order chi connectivity index (χ1) is 13.2. The quantitative estimate of drug-likeness (QED) is 0.793.